The first-order valence-corrected chi connectivity index (χ1v) is 4.03. The second-order valence-electron chi connectivity index (χ2n) is 1.77. The summed E-state index contributed by atoms with van der Waals surface area (Å²) < 4.78 is 1.20. The molecule has 0 nitrogen and oxygen atoms in total. The molecule has 1 aromatic rings. The number of thiol groups is 1. The Morgan fingerprint density at radius 3 is 2.56 bits per heavy atom. The molecule has 0 saturated carbocycles. The lowest BCUT2D eigenvalue weighted by molar-refractivity contribution is 1.38. The monoisotopic (exact) mass is 249 g/mol. The van der Waals surface area contributed by atoms with E-state index in [9.17, 15) is 0 Å². The Kier molecular flexibility index (Phi) is 2.41. The third-order valence-electron chi connectivity index (χ3n) is 1.05. The zero-order chi connectivity index (χ0) is 6.85. The van der Waals surface area contributed by atoms with Crippen LogP contribution in [0, 0.1) is 10.5 Å². The van der Waals surface area contributed by atoms with Crippen molar-refractivity contribution in [1.82, 2.24) is 0 Å². The molecule has 0 spiro atoms. The average Bonchev–Trinajstić information content (AvgIpc) is 1.80. The molecule has 0 aromatic heterocycles. The van der Waals surface area contributed by atoms with Crippen molar-refractivity contribution >= 4 is 35.2 Å². The van der Waals surface area contributed by atoms with Gasteiger partial charge in [-0.3, -0.25) is 0 Å². The standard InChI is InChI=1S/C7H6IS/c1-5-2-3-6(8)4-7(5)9/h2-4,9H,1H2. The summed E-state index contributed by atoms with van der Waals surface area (Å²) in [5.41, 5.74) is 0.985. The molecule has 0 amide bonds. The van der Waals surface area contributed by atoms with E-state index in [1.165, 1.54) is 3.57 Å². The van der Waals surface area contributed by atoms with Crippen LogP contribution in [0.25, 0.3) is 0 Å². The minimum atomic E-state index is 0.960. The molecule has 0 aliphatic rings. The molecule has 0 fully saturated rings. The molecule has 0 N–H and O–H groups in total. The van der Waals surface area contributed by atoms with Gasteiger partial charge in [0.05, 0.1) is 0 Å². The van der Waals surface area contributed by atoms with Crippen LogP contribution >= 0.6 is 35.2 Å². The SMILES string of the molecule is [CH2]c1ccc(I)cc1S. The highest BCUT2D eigenvalue weighted by molar-refractivity contribution is 14.1. The fourth-order valence-corrected chi connectivity index (χ4v) is 1.49. The molecule has 0 saturated heterocycles. The number of hydrogen-bond acceptors (Lipinski definition) is 1. The largest absolute Gasteiger partial charge is 0.143 e. The molecule has 47 valence electrons. The first kappa shape index (κ1) is 7.41. The van der Waals surface area contributed by atoms with Crippen LogP contribution in [0.5, 0.6) is 0 Å². The molecular formula is C7H6IS. The lowest BCUT2D eigenvalue weighted by atomic mass is 10.2. The Balaban J connectivity index is 3.17. The van der Waals surface area contributed by atoms with Gasteiger partial charge in [0.15, 0.2) is 0 Å². The molecule has 0 unspecified atom stereocenters. The molecule has 0 bridgehead atoms. The molecule has 1 aromatic carbocycles. The van der Waals surface area contributed by atoms with Gasteiger partial charge >= 0.3 is 0 Å². The van der Waals surface area contributed by atoms with Crippen LogP contribution in [0.15, 0.2) is 23.1 Å². The fourth-order valence-electron chi connectivity index (χ4n) is 0.537. The molecule has 1 rings (SSSR count). The van der Waals surface area contributed by atoms with E-state index in [1.54, 1.807) is 0 Å². The molecular weight excluding hydrogens is 243 g/mol. The van der Waals surface area contributed by atoms with Gasteiger partial charge in [0.1, 0.15) is 0 Å². The minimum absolute atomic E-state index is 0.960. The lowest BCUT2D eigenvalue weighted by Crippen LogP contribution is -1.75. The van der Waals surface area contributed by atoms with Gasteiger partial charge in [0.25, 0.3) is 0 Å². The van der Waals surface area contributed by atoms with Crippen molar-refractivity contribution in [3.8, 4) is 0 Å². The van der Waals surface area contributed by atoms with Crippen LogP contribution in [0.4, 0.5) is 0 Å². The van der Waals surface area contributed by atoms with Crippen molar-refractivity contribution in [3.05, 3.63) is 34.3 Å². The predicted molar refractivity (Wildman–Crippen MR) is 50.9 cm³/mol. The zero-order valence-electron chi connectivity index (χ0n) is 4.76. The van der Waals surface area contributed by atoms with Gasteiger partial charge in [0.2, 0.25) is 0 Å². The molecule has 1 radical (unpaired) electrons. The van der Waals surface area contributed by atoms with Crippen molar-refractivity contribution in [3.63, 3.8) is 0 Å². The smallest absolute Gasteiger partial charge is 0.0141 e. The summed E-state index contributed by atoms with van der Waals surface area (Å²) in [5.74, 6) is 0. The maximum Gasteiger partial charge on any atom is 0.0141 e. The van der Waals surface area contributed by atoms with Crippen LogP contribution < -0.4 is 0 Å². The molecule has 0 atom stereocenters. The Morgan fingerprint density at radius 1 is 1.44 bits per heavy atom. The van der Waals surface area contributed by atoms with E-state index in [0.29, 0.717) is 0 Å². The summed E-state index contributed by atoms with van der Waals surface area (Å²) in [6.45, 7) is 3.78. The molecule has 0 aliphatic heterocycles. The normalized spacial score (nSPS) is 9.67. The van der Waals surface area contributed by atoms with E-state index in [-0.39, 0.29) is 0 Å². The van der Waals surface area contributed by atoms with Crippen molar-refractivity contribution in [2.75, 3.05) is 0 Å². The summed E-state index contributed by atoms with van der Waals surface area (Å²) in [6, 6.07) is 5.97. The van der Waals surface area contributed by atoms with Crippen LogP contribution in [0.3, 0.4) is 0 Å². The Labute approximate surface area is 74.2 Å². The van der Waals surface area contributed by atoms with Gasteiger partial charge in [-0.1, -0.05) is 6.07 Å². The van der Waals surface area contributed by atoms with Gasteiger partial charge in [-0.15, -0.1) is 12.6 Å². The molecule has 0 heterocycles. The van der Waals surface area contributed by atoms with Crippen LogP contribution in [-0.4, -0.2) is 0 Å². The predicted octanol–water partition coefficient (Wildman–Crippen LogP) is 2.76. The summed E-state index contributed by atoms with van der Waals surface area (Å²) >= 11 is 6.45. The van der Waals surface area contributed by atoms with E-state index in [0.717, 1.165) is 10.5 Å². The van der Waals surface area contributed by atoms with Crippen molar-refractivity contribution in [2.45, 2.75) is 4.90 Å². The molecule has 9 heavy (non-hydrogen) atoms. The number of hydrogen-bond donors (Lipinski definition) is 1. The van der Waals surface area contributed by atoms with Crippen molar-refractivity contribution < 1.29 is 0 Å². The number of benzene rings is 1. The minimum Gasteiger partial charge on any atom is -0.143 e. The van der Waals surface area contributed by atoms with Gasteiger partial charge < -0.3 is 0 Å². The van der Waals surface area contributed by atoms with Crippen molar-refractivity contribution in [2.24, 2.45) is 0 Å². The third-order valence-corrected chi connectivity index (χ3v) is 2.13. The highest BCUT2D eigenvalue weighted by Gasteiger charge is 1.91. The topological polar surface area (TPSA) is 0 Å². The van der Waals surface area contributed by atoms with Crippen molar-refractivity contribution in [1.29, 1.82) is 0 Å². The summed E-state index contributed by atoms with van der Waals surface area (Å²) in [6.07, 6.45) is 0. The maximum atomic E-state index is 4.20. The quantitative estimate of drug-likeness (QED) is 0.530. The maximum absolute atomic E-state index is 4.20. The summed E-state index contributed by atoms with van der Waals surface area (Å²) in [5, 5.41) is 0. The van der Waals surface area contributed by atoms with E-state index in [1.807, 2.05) is 18.2 Å². The van der Waals surface area contributed by atoms with Crippen LogP contribution in [0.1, 0.15) is 5.56 Å². The highest BCUT2D eigenvalue weighted by atomic mass is 127. The van der Waals surface area contributed by atoms with E-state index < -0.39 is 0 Å². The molecule has 2 heteroatoms. The first-order chi connectivity index (χ1) is 4.20. The average molecular weight is 249 g/mol. The first-order valence-electron chi connectivity index (χ1n) is 2.50. The fraction of sp³-hybridized carbons (Fsp3) is 0. The lowest BCUT2D eigenvalue weighted by Gasteiger charge is -1.96. The van der Waals surface area contributed by atoms with Crippen LogP contribution in [0.2, 0.25) is 0 Å². The van der Waals surface area contributed by atoms with Gasteiger partial charge in [-0.05, 0) is 47.2 Å². The Morgan fingerprint density at radius 2 is 2.11 bits per heavy atom. The highest BCUT2D eigenvalue weighted by Crippen LogP contribution is 2.15. The molecule has 0 aliphatic carbocycles. The second-order valence-corrected chi connectivity index (χ2v) is 3.50. The van der Waals surface area contributed by atoms with Gasteiger partial charge in [-0.2, -0.15) is 0 Å². The van der Waals surface area contributed by atoms with Gasteiger partial charge in [0, 0.05) is 8.47 Å². The van der Waals surface area contributed by atoms with E-state index >= 15 is 0 Å². The van der Waals surface area contributed by atoms with E-state index in [2.05, 4.69) is 42.1 Å². The number of halogens is 1. The zero-order valence-corrected chi connectivity index (χ0v) is 7.82. The van der Waals surface area contributed by atoms with Crippen LogP contribution in [-0.2, 0) is 0 Å². The summed E-state index contributed by atoms with van der Waals surface area (Å²) in [4.78, 5) is 0.960. The van der Waals surface area contributed by atoms with E-state index in [4.69, 9.17) is 0 Å². The summed E-state index contributed by atoms with van der Waals surface area (Å²) in [7, 11) is 0. The second kappa shape index (κ2) is 2.92. The Bertz CT molecular complexity index is 220. The van der Waals surface area contributed by atoms with Gasteiger partial charge in [-0.25, -0.2) is 0 Å². The third kappa shape index (κ3) is 1.86. The Hall–Kier alpha value is 0.300. The number of rotatable bonds is 0.